The van der Waals surface area contributed by atoms with Crippen LogP contribution in [-0.4, -0.2) is 41.2 Å². The van der Waals surface area contributed by atoms with Crippen LogP contribution in [0.1, 0.15) is 105 Å². The van der Waals surface area contributed by atoms with Crippen molar-refractivity contribution in [3.63, 3.8) is 0 Å². The number of phenols is 1. The summed E-state index contributed by atoms with van der Waals surface area (Å²) in [6.45, 7) is 2.76. The standard InChI is InChI=1S/C41H50N4O4S2/c1-3-4-5-6-7-8-9-10-11-12-13-16-27-45(41(49)51-32-21-17-20-31(28-32)43-40(50)42-2)37-24-18-22-34-33(37)25-26-35(38(34)47)39(48)44-36-23-15-14-19-30(36)29-46/h14-15,17-26,28-29,47H,3-13,16,27H2,1-2H3,(H,44,48)(H2,42,43,50). The van der Waals surface area contributed by atoms with Crippen molar-refractivity contribution in [1.29, 1.82) is 0 Å². The van der Waals surface area contributed by atoms with Gasteiger partial charge in [-0.1, -0.05) is 114 Å². The Bertz CT molecular complexity index is 1780. The van der Waals surface area contributed by atoms with Gasteiger partial charge in [-0.25, -0.2) is 0 Å². The maximum absolute atomic E-state index is 14.1. The fourth-order valence-electron chi connectivity index (χ4n) is 6.06. The van der Waals surface area contributed by atoms with Crippen LogP contribution in [0, 0.1) is 0 Å². The molecule has 2 amide bonds. The Morgan fingerprint density at radius 2 is 1.45 bits per heavy atom. The number of aromatic hydroxyl groups is 1. The zero-order chi connectivity index (χ0) is 36.4. The molecule has 4 aromatic carbocycles. The fourth-order valence-corrected chi connectivity index (χ4v) is 7.01. The lowest BCUT2D eigenvalue weighted by molar-refractivity contribution is 0.102. The molecule has 0 atom stereocenters. The number of anilines is 3. The van der Waals surface area contributed by atoms with Gasteiger partial charge in [0.15, 0.2) is 11.4 Å². The summed E-state index contributed by atoms with van der Waals surface area (Å²) >= 11 is 6.39. The Labute approximate surface area is 311 Å². The Morgan fingerprint density at radius 1 is 0.784 bits per heavy atom. The van der Waals surface area contributed by atoms with E-state index in [1.807, 2.05) is 30.3 Å². The van der Waals surface area contributed by atoms with E-state index in [-0.39, 0.29) is 16.6 Å². The number of aldehydes is 1. The number of hydrogen-bond acceptors (Lipinski definition) is 6. The van der Waals surface area contributed by atoms with Gasteiger partial charge in [-0.05, 0) is 72.9 Å². The van der Waals surface area contributed by atoms with Gasteiger partial charge in [-0.3, -0.25) is 14.4 Å². The zero-order valence-corrected chi connectivity index (χ0v) is 31.3. The summed E-state index contributed by atoms with van der Waals surface area (Å²) < 4.78 is 0. The van der Waals surface area contributed by atoms with Crippen LogP contribution in [0.3, 0.4) is 0 Å². The number of para-hydroxylation sites is 1. The molecule has 270 valence electrons. The number of rotatable bonds is 19. The molecule has 0 aliphatic heterocycles. The van der Waals surface area contributed by atoms with Gasteiger partial charge in [0, 0.05) is 40.5 Å². The van der Waals surface area contributed by atoms with E-state index in [4.69, 9.17) is 12.2 Å². The van der Waals surface area contributed by atoms with Crippen molar-refractivity contribution in [3.8, 4) is 5.75 Å². The number of nitrogens with one attached hydrogen (secondary N) is 3. The van der Waals surface area contributed by atoms with E-state index in [1.165, 1.54) is 57.8 Å². The molecule has 4 rings (SSSR count). The lowest BCUT2D eigenvalue weighted by Crippen LogP contribution is -2.28. The smallest absolute Gasteiger partial charge is 0.290 e. The van der Waals surface area contributed by atoms with Gasteiger partial charge in [0.1, 0.15) is 5.75 Å². The highest BCUT2D eigenvalue weighted by atomic mass is 32.2. The van der Waals surface area contributed by atoms with Crippen molar-refractivity contribution < 1.29 is 19.5 Å². The quantitative estimate of drug-likeness (QED) is 0.0327. The SMILES string of the molecule is CCCCCCCCCCCCCCN(C(=O)Sc1cccc(NC(=S)NC)c1)c1cccc2c(O)c(C(=O)Nc3ccccc3C=O)ccc12. The molecule has 0 fully saturated rings. The van der Waals surface area contributed by atoms with Gasteiger partial charge >= 0.3 is 0 Å². The number of benzene rings is 4. The van der Waals surface area contributed by atoms with Crippen molar-refractivity contribution in [1.82, 2.24) is 5.32 Å². The zero-order valence-electron chi connectivity index (χ0n) is 29.7. The molecule has 0 saturated carbocycles. The highest BCUT2D eigenvalue weighted by molar-refractivity contribution is 8.14. The van der Waals surface area contributed by atoms with Crippen LogP contribution in [0.4, 0.5) is 21.9 Å². The molecular weight excluding hydrogens is 677 g/mol. The number of thioether (sulfide) groups is 1. The monoisotopic (exact) mass is 726 g/mol. The maximum atomic E-state index is 14.1. The molecule has 4 N–H and O–H groups in total. The van der Waals surface area contributed by atoms with E-state index in [1.54, 1.807) is 60.5 Å². The number of unbranched alkanes of at least 4 members (excludes halogenated alkanes) is 11. The number of carbonyl (C=O) groups excluding carboxylic acids is 3. The average Bonchev–Trinajstić information content (AvgIpc) is 3.14. The number of phenolic OH excluding ortho intramolecular Hbond substituents is 1. The summed E-state index contributed by atoms with van der Waals surface area (Å²) in [5, 5.41) is 21.5. The van der Waals surface area contributed by atoms with Gasteiger partial charge in [0.05, 0.1) is 16.9 Å². The van der Waals surface area contributed by atoms with Gasteiger partial charge in [-0.15, -0.1) is 0 Å². The van der Waals surface area contributed by atoms with E-state index in [2.05, 4.69) is 22.9 Å². The molecule has 51 heavy (non-hydrogen) atoms. The molecule has 0 aromatic heterocycles. The van der Waals surface area contributed by atoms with Crippen LogP contribution in [0.25, 0.3) is 10.8 Å². The topological polar surface area (TPSA) is 111 Å². The summed E-state index contributed by atoms with van der Waals surface area (Å²) in [7, 11) is 1.75. The molecule has 0 saturated heterocycles. The summed E-state index contributed by atoms with van der Waals surface area (Å²) in [5.41, 5.74) is 2.19. The Kier molecular flexibility index (Phi) is 16.3. The fraction of sp³-hybridized carbons (Fsp3) is 0.366. The van der Waals surface area contributed by atoms with E-state index in [0.717, 1.165) is 41.6 Å². The summed E-state index contributed by atoms with van der Waals surface area (Å²) in [6.07, 6.45) is 15.3. The number of carbonyl (C=O) groups is 3. The Morgan fingerprint density at radius 3 is 2.14 bits per heavy atom. The first kappa shape index (κ1) is 39.4. The molecule has 0 radical (unpaired) electrons. The summed E-state index contributed by atoms with van der Waals surface area (Å²) in [5.74, 6) is -0.736. The van der Waals surface area contributed by atoms with Crippen LogP contribution < -0.4 is 20.9 Å². The third-order valence-corrected chi connectivity index (χ3v) is 10.1. The van der Waals surface area contributed by atoms with Crippen molar-refractivity contribution >= 4 is 74.4 Å². The Balaban J connectivity index is 1.50. The molecule has 8 nitrogen and oxygen atoms in total. The third kappa shape index (κ3) is 11.8. The lowest BCUT2D eigenvalue weighted by Gasteiger charge is -2.24. The molecule has 0 spiro atoms. The number of amides is 2. The molecule has 4 aromatic rings. The minimum atomic E-state index is -0.541. The first-order chi connectivity index (χ1) is 24.9. The molecule has 0 heterocycles. The number of thiocarbonyl (C=S) groups is 1. The minimum Gasteiger partial charge on any atom is -0.506 e. The summed E-state index contributed by atoms with van der Waals surface area (Å²) in [4.78, 5) is 41.4. The van der Waals surface area contributed by atoms with Crippen molar-refractivity contribution in [2.45, 2.75) is 88.9 Å². The van der Waals surface area contributed by atoms with Crippen LogP contribution in [0.15, 0.2) is 83.8 Å². The van der Waals surface area contributed by atoms with Gasteiger partial charge < -0.3 is 26.0 Å². The molecule has 0 aliphatic carbocycles. The van der Waals surface area contributed by atoms with Crippen molar-refractivity contribution in [2.24, 2.45) is 0 Å². The number of nitrogens with zero attached hydrogens (tertiary/aromatic N) is 1. The van der Waals surface area contributed by atoms with E-state index >= 15 is 0 Å². The summed E-state index contributed by atoms with van der Waals surface area (Å²) in [6, 6.07) is 22.9. The van der Waals surface area contributed by atoms with Gasteiger partial charge in [0.25, 0.3) is 11.1 Å². The predicted octanol–water partition coefficient (Wildman–Crippen LogP) is 10.9. The van der Waals surface area contributed by atoms with E-state index in [0.29, 0.717) is 45.7 Å². The van der Waals surface area contributed by atoms with Gasteiger partial charge in [0.2, 0.25) is 0 Å². The second kappa shape index (κ2) is 21.1. The van der Waals surface area contributed by atoms with Crippen LogP contribution in [0.2, 0.25) is 0 Å². The molecule has 0 bridgehead atoms. The molecule has 0 aliphatic rings. The molecule has 10 heteroatoms. The first-order valence-electron chi connectivity index (χ1n) is 18.0. The van der Waals surface area contributed by atoms with Crippen LogP contribution in [0.5, 0.6) is 5.75 Å². The van der Waals surface area contributed by atoms with Crippen molar-refractivity contribution in [3.05, 3.63) is 90.0 Å². The highest BCUT2D eigenvalue weighted by Crippen LogP contribution is 2.37. The first-order valence-corrected chi connectivity index (χ1v) is 19.3. The lowest BCUT2D eigenvalue weighted by atomic mass is 10.0. The normalized spacial score (nSPS) is 10.9. The van der Waals surface area contributed by atoms with Gasteiger partial charge in [-0.2, -0.15) is 0 Å². The molecule has 0 unspecified atom stereocenters. The predicted molar refractivity (Wildman–Crippen MR) is 217 cm³/mol. The van der Waals surface area contributed by atoms with E-state index < -0.39 is 5.91 Å². The maximum Gasteiger partial charge on any atom is 0.290 e. The molecular formula is C41H50N4O4S2. The second-order valence-corrected chi connectivity index (χ2v) is 14.1. The largest absolute Gasteiger partial charge is 0.506 e. The van der Waals surface area contributed by atoms with Crippen LogP contribution >= 0.6 is 24.0 Å². The average molecular weight is 727 g/mol. The second-order valence-electron chi connectivity index (χ2n) is 12.6. The Hall–Kier alpha value is -4.41. The third-order valence-electron chi connectivity index (χ3n) is 8.86. The highest BCUT2D eigenvalue weighted by Gasteiger charge is 2.22. The minimum absolute atomic E-state index is 0.0670. The van der Waals surface area contributed by atoms with E-state index in [9.17, 15) is 19.5 Å². The van der Waals surface area contributed by atoms with Crippen LogP contribution in [-0.2, 0) is 0 Å². The number of fused-ring (bicyclic) bond motifs is 1. The number of hydrogen-bond donors (Lipinski definition) is 4. The van der Waals surface area contributed by atoms with Crippen molar-refractivity contribution in [2.75, 3.05) is 29.1 Å².